The third-order valence-corrected chi connectivity index (χ3v) is 3.52. The van der Waals surface area contributed by atoms with Crippen LogP contribution in [-0.2, 0) is 0 Å². The molecule has 0 spiro atoms. The first-order chi connectivity index (χ1) is 6.72. The highest BCUT2D eigenvalue weighted by molar-refractivity contribution is 14.1. The Morgan fingerprint density at radius 3 is 2.93 bits per heavy atom. The lowest BCUT2D eigenvalue weighted by Crippen LogP contribution is -1.87. The number of nitrogens with zero attached hydrogens (tertiary/aromatic N) is 1. The second-order valence-corrected chi connectivity index (χ2v) is 4.81. The molecule has 0 unspecified atom stereocenters. The zero-order valence-electron chi connectivity index (χ0n) is 7.42. The maximum Gasteiger partial charge on any atom is 0.135 e. The second kappa shape index (κ2) is 4.02. The number of aromatic nitrogens is 1. The minimum absolute atomic E-state index is 0.812. The van der Waals surface area contributed by atoms with Gasteiger partial charge in [0.15, 0.2) is 0 Å². The fourth-order valence-corrected chi connectivity index (χ4v) is 2.37. The zero-order valence-corrected chi connectivity index (χ0v) is 11.2. The first-order valence-electron chi connectivity index (χ1n) is 4.00. The summed E-state index contributed by atoms with van der Waals surface area (Å²) in [5.74, 6) is 0.812. The van der Waals surface area contributed by atoms with Crippen molar-refractivity contribution in [2.75, 3.05) is 7.11 Å². The van der Waals surface area contributed by atoms with Crippen molar-refractivity contribution in [2.24, 2.45) is 0 Å². The second-order valence-electron chi connectivity index (χ2n) is 2.80. The fourth-order valence-electron chi connectivity index (χ4n) is 1.27. The summed E-state index contributed by atoms with van der Waals surface area (Å²) in [4.78, 5) is 4.29. The summed E-state index contributed by atoms with van der Waals surface area (Å²) in [6.45, 7) is 0. The van der Waals surface area contributed by atoms with Crippen LogP contribution in [0, 0.1) is 3.57 Å². The highest BCUT2D eigenvalue weighted by Crippen LogP contribution is 2.31. The Kier molecular flexibility index (Phi) is 2.92. The molecule has 1 aromatic carbocycles. The highest BCUT2D eigenvalue weighted by atomic mass is 127. The van der Waals surface area contributed by atoms with E-state index in [2.05, 4.69) is 43.5 Å². The van der Waals surface area contributed by atoms with Gasteiger partial charge in [-0.25, -0.2) is 0 Å². The molecule has 0 fully saturated rings. The Morgan fingerprint density at radius 1 is 1.43 bits per heavy atom. The number of hydrogen-bond donors (Lipinski definition) is 0. The Morgan fingerprint density at radius 2 is 2.21 bits per heavy atom. The van der Waals surface area contributed by atoms with E-state index >= 15 is 0 Å². The van der Waals surface area contributed by atoms with Crippen LogP contribution < -0.4 is 4.74 Å². The molecule has 72 valence electrons. The van der Waals surface area contributed by atoms with E-state index in [1.807, 2.05) is 18.2 Å². The standard InChI is InChI=1S/C10H7BrINO/c1-14-10-5-9-6(4-7(10)11)8(12)2-3-13-9/h2-5H,1H3. The van der Waals surface area contributed by atoms with Crippen molar-refractivity contribution >= 4 is 49.4 Å². The molecule has 14 heavy (non-hydrogen) atoms. The molecule has 0 bridgehead atoms. The lowest BCUT2D eigenvalue weighted by Gasteiger charge is -2.05. The predicted octanol–water partition coefficient (Wildman–Crippen LogP) is 3.61. The quantitative estimate of drug-likeness (QED) is 0.722. The van der Waals surface area contributed by atoms with Crippen LogP contribution in [0.5, 0.6) is 5.75 Å². The average molecular weight is 364 g/mol. The SMILES string of the molecule is COc1cc2nccc(I)c2cc1Br. The molecule has 0 N–H and O–H groups in total. The van der Waals surface area contributed by atoms with Gasteiger partial charge in [-0.2, -0.15) is 0 Å². The van der Waals surface area contributed by atoms with E-state index in [0.29, 0.717) is 0 Å². The molecule has 1 heterocycles. The largest absolute Gasteiger partial charge is 0.495 e. The Labute approximate surface area is 104 Å². The lowest BCUT2D eigenvalue weighted by atomic mass is 10.2. The summed E-state index contributed by atoms with van der Waals surface area (Å²) in [7, 11) is 1.65. The van der Waals surface area contributed by atoms with Crippen LogP contribution in [0.3, 0.4) is 0 Å². The molecule has 2 aromatic rings. The number of methoxy groups -OCH3 is 1. The minimum atomic E-state index is 0.812. The number of ether oxygens (including phenoxy) is 1. The zero-order chi connectivity index (χ0) is 10.1. The van der Waals surface area contributed by atoms with Crippen LogP contribution in [0.1, 0.15) is 0 Å². The van der Waals surface area contributed by atoms with Gasteiger partial charge in [0.2, 0.25) is 0 Å². The molecule has 0 radical (unpaired) electrons. The first kappa shape index (κ1) is 10.2. The van der Waals surface area contributed by atoms with Crippen LogP contribution in [0.2, 0.25) is 0 Å². The minimum Gasteiger partial charge on any atom is -0.495 e. The monoisotopic (exact) mass is 363 g/mol. The molecule has 1 aromatic heterocycles. The molecule has 4 heteroatoms. The maximum absolute atomic E-state index is 5.20. The summed E-state index contributed by atoms with van der Waals surface area (Å²) in [6.07, 6.45) is 1.80. The normalized spacial score (nSPS) is 10.5. The molecule has 0 atom stereocenters. The van der Waals surface area contributed by atoms with Crippen LogP contribution in [0.4, 0.5) is 0 Å². The van der Waals surface area contributed by atoms with Gasteiger partial charge in [0.1, 0.15) is 5.75 Å². The Balaban J connectivity index is 2.79. The van der Waals surface area contributed by atoms with Gasteiger partial charge in [-0.3, -0.25) is 4.98 Å². The third kappa shape index (κ3) is 1.72. The van der Waals surface area contributed by atoms with Gasteiger partial charge in [-0.1, -0.05) is 0 Å². The highest BCUT2D eigenvalue weighted by Gasteiger charge is 2.05. The van der Waals surface area contributed by atoms with Gasteiger partial charge in [-0.15, -0.1) is 0 Å². The maximum atomic E-state index is 5.20. The summed E-state index contributed by atoms with van der Waals surface area (Å²) in [5.41, 5.74) is 0.956. The van der Waals surface area contributed by atoms with Crippen LogP contribution >= 0.6 is 38.5 Å². The van der Waals surface area contributed by atoms with Gasteiger partial charge in [0.25, 0.3) is 0 Å². The van der Waals surface area contributed by atoms with E-state index in [1.54, 1.807) is 13.3 Å². The molecular formula is C10H7BrINO. The summed E-state index contributed by atoms with van der Waals surface area (Å²) < 4.78 is 7.35. The molecule has 2 rings (SSSR count). The third-order valence-electron chi connectivity index (χ3n) is 1.96. The average Bonchev–Trinajstić information content (AvgIpc) is 2.19. The number of hydrogen-bond acceptors (Lipinski definition) is 2. The number of pyridine rings is 1. The molecular weight excluding hydrogens is 357 g/mol. The van der Waals surface area contributed by atoms with E-state index in [0.717, 1.165) is 21.1 Å². The molecule has 0 aliphatic rings. The number of benzene rings is 1. The number of fused-ring (bicyclic) bond motifs is 1. The van der Waals surface area contributed by atoms with Gasteiger partial charge < -0.3 is 4.74 Å². The molecule has 0 saturated heterocycles. The van der Waals surface area contributed by atoms with Crippen molar-refractivity contribution in [1.82, 2.24) is 4.98 Å². The van der Waals surface area contributed by atoms with Gasteiger partial charge >= 0.3 is 0 Å². The van der Waals surface area contributed by atoms with E-state index in [9.17, 15) is 0 Å². The molecule has 0 aliphatic carbocycles. The topological polar surface area (TPSA) is 22.1 Å². The van der Waals surface area contributed by atoms with Crippen molar-refractivity contribution in [3.63, 3.8) is 0 Å². The van der Waals surface area contributed by atoms with Crippen LogP contribution in [-0.4, -0.2) is 12.1 Å². The predicted molar refractivity (Wildman–Crippen MR) is 68.7 cm³/mol. The molecule has 0 amide bonds. The molecule has 0 saturated carbocycles. The van der Waals surface area contributed by atoms with Gasteiger partial charge in [0, 0.05) is 21.2 Å². The Hall–Kier alpha value is -0.360. The molecule has 0 aliphatic heterocycles. The van der Waals surface area contributed by atoms with Crippen molar-refractivity contribution in [3.8, 4) is 5.75 Å². The van der Waals surface area contributed by atoms with E-state index < -0.39 is 0 Å². The van der Waals surface area contributed by atoms with Crippen molar-refractivity contribution in [3.05, 3.63) is 32.4 Å². The van der Waals surface area contributed by atoms with Crippen LogP contribution in [0.25, 0.3) is 10.9 Å². The van der Waals surface area contributed by atoms with Gasteiger partial charge in [-0.05, 0) is 50.7 Å². The smallest absolute Gasteiger partial charge is 0.135 e. The lowest BCUT2D eigenvalue weighted by molar-refractivity contribution is 0.412. The van der Waals surface area contributed by atoms with E-state index in [-0.39, 0.29) is 0 Å². The van der Waals surface area contributed by atoms with E-state index in [4.69, 9.17) is 4.74 Å². The summed E-state index contributed by atoms with van der Waals surface area (Å²) >= 11 is 5.75. The number of halogens is 2. The van der Waals surface area contributed by atoms with E-state index in [1.165, 1.54) is 3.57 Å². The first-order valence-corrected chi connectivity index (χ1v) is 5.87. The fraction of sp³-hybridized carbons (Fsp3) is 0.100. The number of rotatable bonds is 1. The summed E-state index contributed by atoms with van der Waals surface area (Å²) in [5, 5.41) is 1.14. The van der Waals surface area contributed by atoms with Crippen molar-refractivity contribution in [1.29, 1.82) is 0 Å². The van der Waals surface area contributed by atoms with Crippen molar-refractivity contribution < 1.29 is 4.74 Å². The van der Waals surface area contributed by atoms with Crippen molar-refractivity contribution in [2.45, 2.75) is 0 Å². The van der Waals surface area contributed by atoms with Crippen LogP contribution in [0.15, 0.2) is 28.9 Å². The Bertz CT molecular complexity index is 487. The summed E-state index contributed by atoms with van der Waals surface area (Å²) in [6, 6.07) is 5.95. The molecule has 2 nitrogen and oxygen atoms in total. The van der Waals surface area contributed by atoms with Gasteiger partial charge in [0.05, 0.1) is 17.1 Å².